The largest absolute Gasteiger partial charge is 0.322 e. The van der Waals surface area contributed by atoms with Gasteiger partial charge in [0.25, 0.3) is 0 Å². The highest BCUT2D eigenvalue weighted by Gasteiger charge is 2.12. The number of nitrogens with two attached hydrogens (primary N) is 1. The fourth-order valence-electron chi connectivity index (χ4n) is 1.91. The van der Waals surface area contributed by atoms with E-state index in [0.717, 1.165) is 21.3 Å². The predicted molar refractivity (Wildman–Crippen MR) is 73.7 cm³/mol. The van der Waals surface area contributed by atoms with Gasteiger partial charge >= 0.3 is 0 Å². The smallest absolute Gasteiger partial charge is 0.124 e. The van der Waals surface area contributed by atoms with E-state index in [1.54, 1.807) is 12.3 Å². The van der Waals surface area contributed by atoms with Gasteiger partial charge in [-0.05, 0) is 42.7 Å². The van der Waals surface area contributed by atoms with Gasteiger partial charge in [0.05, 0.1) is 11.7 Å². The molecule has 2 nitrogen and oxygen atoms in total. The summed E-state index contributed by atoms with van der Waals surface area (Å²) in [6.07, 6.45) is 2.36. The average Bonchev–Trinajstić information content (AvgIpc) is 2.33. The van der Waals surface area contributed by atoms with E-state index in [2.05, 4.69) is 20.9 Å². The number of hydrogen-bond acceptors (Lipinski definition) is 2. The molecule has 1 atom stereocenters. The van der Waals surface area contributed by atoms with Gasteiger partial charge in [-0.3, -0.25) is 4.98 Å². The molecule has 0 aliphatic heterocycles. The van der Waals surface area contributed by atoms with Crippen molar-refractivity contribution in [2.75, 3.05) is 0 Å². The lowest BCUT2D eigenvalue weighted by Crippen LogP contribution is -2.16. The van der Waals surface area contributed by atoms with Crippen LogP contribution >= 0.6 is 15.9 Å². The SMILES string of the molecule is Cc1cccnc1C(N)Cc1ccc(F)cc1Br. The first kappa shape index (κ1) is 13.2. The highest BCUT2D eigenvalue weighted by molar-refractivity contribution is 9.10. The van der Waals surface area contributed by atoms with Crippen LogP contribution in [0.2, 0.25) is 0 Å². The third-order valence-corrected chi connectivity index (χ3v) is 3.59. The maximum absolute atomic E-state index is 13.0. The van der Waals surface area contributed by atoms with E-state index in [0.29, 0.717) is 6.42 Å². The molecule has 18 heavy (non-hydrogen) atoms. The van der Waals surface area contributed by atoms with E-state index >= 15 is 0 Å². The standard InChI is InChI=1S/C14H14BrFN2/c1-9-3-2-6-18-14(9)13(17)7-10-4-5-11(16)8-12(10)15/h2-6,8,13H,7,17H2,1H3. The lowest BCUT2D eigenvalue weighted by molar-refractivity contribution is 0.623. The minimum absolute atomic E-state index is 0.187. The summed E-state index contributed by atoms with van der Waals surface area (Å²) in [6.45, 7) is 1.99. The first-order valence-electron chi connectivity index (χ1n) is 5.69. The average molecular weight is 309 g/mol. The van der Waals surface area contributed by atoms with Crippen LogP contribution in [0.15, 0.2) is 41.0 Å². The Morgan fingerprint density at radius 3 is 2.83 bits per heavy atom. The summed E-state index contributed by atoms with van der Waals surface area (Å²) in [7, 11) is 0. The lowest BCUT2D eigenvalue weighted by atomic mass is 10.0. The van der Waals surface area contributed by atoms with Crippen molar-refractivity contribution in [2.45, 2.75) is 19.4 Å². The molecule has 0 bridgehead atoms. The second kappa shape index (κ2) is 5.59. The summed E-state index contributed by atoms with van der Waals surface area (Å²) in [5.74, 6) is -0.256. The number of aromatic nitrogens is 1. The van der Waals surface area contributed by atoms with Crippen LogP contribution in [0.4, 0.5) is 4.39 Å². The zero-order valence-electron chi connectivity index (χ0n) is 10.0. The van der Waals surface area contributed by atoms with Gasteiger partial charge in [0, 0.05) is 10.7 Å². The molecule has 0 aliphatic carbocycles. The molecule has 2 rings (SSSR count). The predicted octanol–water partition coefficient (Wildman–Crippen LogP) is 3.53. The molecule has 1 aromatic heterocycles. The number of aryl methyl sites for hydroxylation is 1. The number of hydrogen-bond donors (Lipinski definition) is 1. The maximum atomic E-state index is 13.0. The Kier molecular flexibility index (Phi) is 4.09. The van der Waals surface area contributed by atoms with Gasteiger partial charge in [0.2, 0.25) is 0 Å². The molecule has 0 amide bonds. The van der Waals surface area contributed by atoms with E-state index in [1.807, 2.05) is 19.1 Å². The Morgan fingerprint density at radius 1 is 1.39 bits per heavy atom. The monoisotopic (exact) mass is 308 g/mol. The van der Waals surface area contributed by atoms with Crippen molar-refractivity contribution >= 4 is 15.9 Å². The summed E-state index contributed by atoms with van der Waals surface area (Å²) >= 11 is 3.35. The fraction of sp³-hybridized carbons (Fsp3) is 0.214. The van der Waals surface area contributed by atoms with Gasteiger partial charge < -0.3 is 5.73 Å². The maximum Gasteiger partial charge on any atom is 0.124 e. The molecule has 0 saturated heterocycles. The number of pyridine rings is 1. The number of nitrogens with zero attached hydrogens (tertiary/aromatic N) is 1. The molecule has 4 heteroatoms. The Hall–Kier alpha value is -1.26. The number of halogens is 2. The molecular formula is C14H14BrFN2. The van der Waals surface area contributed by atoms with Gasteiger partial charge in [0.15, 0.2) is 0 Å². The third-order valence-electron chi connectivity index (χ3n) is 2.86. The Labute approximate surface area is 114 Å². The van der Waals surface area contributed by atoms with Gasteiger partial charge in [-0.25, -0.2) is 4.39 Å². The van der Waals surface area contributed by atoms with E-state index < -0.39 is 0 Å². The Balaban J connectivity index is 2.21. The first-order valence-corrected chi connectivity index (χ1v) is 6.48. The van der Waals surface area contributed by atoms with Crippen LogP contribution < -0.4 is 5.73 Å². The van der Waals surface area contributed by atoms with Crippen LogP contribution in [-0.2, 0) is 6.42 Å². The normalized spacial score (nSPS) is 12.4. The highest BCUT2D eigenvalue weighted by atomic mass is 79.9. The second-order valence-electron chi connectivity index (χ2n) is 4.25. The molecule has 1 aromatic carbocycles. The van der Waals surface area contributed by atoms with Crippen LogP contribution in [-0.4, -0.2) is 4.98 Å². The van der Waals surface area contributed by atoms with Crippen molar-refractivity contribution in [3.05, 3.63) is 63.6 Å². The highest BCUT2D eigenvalue weighted by Crippen LogP contribution is 2.23. The molecule has 94 valence electrons. The molecule has 0 fully saturated rings. The van der Waals surface area contributed by atoms with Crippen molar-refractivity contribution in [3.63, 3.8) is 0 Å². The molecule has 0 saturated carbocycles. The van der Waals surface area contributed by atoms with Crippen molar-refractivity contribution in [3.8, 4) is 0 Å². The van der Waals surface area contributed by atoms with E-state index in [1.165, 1.54) is 12.1 Å². The number of benzene rings is 1. The summed E-state index contributed by atoms with van der Waals surface area (Å²) in [5, 5.41) is 0. The van der Waals surface area contributed by atoms with Crippen LogP contribution in [0.5, 0.6) is 0 Å². The second-order valence-corrected chi connectivity index (χ2v) is 5.11. The number of rotatable bonds is 3. The van der Waals surface area contributed by atoms with Gasteiger partial charge in [-0.15, -0.1) is 0 Å². The van der Waals surface area contributed by atoms with Crippen LogP contribution in [0.1, 0.15) is 22.9 Å². The van der Waals surface area contributed by atoms with E-state index in [-0.39, 0.29) is 11.9 Å². The van der Waals surface area contributed by atoms with Gasteiger partial charge in [-0.1, -0.05) is 28.1 Å². The molecule has 1 unspecified atom stereocenters. The summed E-state index contributed by atoms with van der Waals surface area (Å²) in [5.41, 5.74) is 9.09. The minimum Gasteiger partial charge on any atom is -0.322 e. The zero-order chi connectivity index (χ0) is 13.1. The molecule has 0 aliphatic rings. The van der Waals surface area contributed by atoms with Gasteiger partial charge in [0.1, 0.15) is 5.82 Å². The van der Waals surface area contributed by atoms with Crippen molar-refractivity contribution in [1.29, 1.82) is 0 Å². The summed E-state index contributed by atoms with van der Waals surface area (Å²) < 4.78 is 13.7. The first-order chi connectivity index (χ1) is 8.58. The van der Waals surface area contributed by atoms with Crippen molar-refractivity contribution < 1.29 is 4.39 Å². The molecule has 2 N–H and O–H groups in total. The zero-order valence-corrected chi connectivity index (χ0v) is 11.6. The van der Waals surface area contributed by atoms with Crippen LogP contribution in [0.25, 0.3) is 0 Å². The lowest BCUT2D eigenvalue weighted by Gasteiger charge is -2.14. The molecule has 0 spiro atoms. The quantitative estimate of drug-likeness (QED) is 0.942. The van der Waals surface area contributed by atoms with Crippen LogP contribution in [0, 0.1) is 12.7 Å². The van der Waals surface area contributed by atoms with E-state index in [9.17, 15) is 4.39 Å². The Morgan fingerprint density at radius 2 is 2.17 bits per heavy atom. The van der Waals surface area contributed by atoms with Gasteiger partial charge in [-0.2, -0.15) is 0 Å². The molecule has 2 aromatic rings. The van der Waals surface area contributed by atoms with Crippen molar-refractivity contribution in [1.82, 2.24) is 4.98 Å². The van der Waals surface area contributed by atoms with E-state index in [4.69, 9.17) is 5.73 Å². The molecule has 1 heterocycles. The summed E-state index contributed by atoms with van der Waals surface area (Å²) in [6, 6.07) is 8.33. The molecular weight excluding hydrogens is 295 g/mol. The van der Waals surface area contributed by atoms with Crippen LogP contribution in [0.3, 0.4) is 0 Å². The Bertz CT molecular complexity index is 557. The van der Waals surface area contributed by atoms with Crippen molar-refractivity contribution in [2.24, 2.45) is 5.73 Å². The third kappa shape index (κ3) is 2.94. The minimum atomic E-state index is -0.256. The topological polar surface area (TPSA) is 38.9 Å². The summed E-state index contributed by atoms with van der Waals surface area (Å²) in [4.78, 5) is 4.31. The fourth-order valence-corrected chi connectivity index (χ4v) is 2.42. The molecule has 0 radical (unpaired) electrons.